The van der Waals surface area contributed by atoms with Crippen LogP contribution in [0.2, 0.25) is 5.02 Å². The molecule has 0 saturated heterocycles. The second-order valence-electron chi connectivity index (χ2n) is 5.23. The van der Waals surface area contributed by atoms with Crippen molar-refractivity contribution < 1.29 is 9.53 Å². The smallest absolute Gasteiger partial charge is 0.265 e. The molecule has 2 rings (SSSR count). The number of aryl methyl sites for hydroxylation is 2. The van der Waals surface area contributed by atoms with Crippen molar-refractivity contribution in [1.29, 1.82) is 0 Å². The fourth-order valence-electron chi connectivity index (χ4n) is 2.05. The minimum absolute atomic E-state index is 0.200. The van der Waals surface area contributed by atoms with Crippen molar-refractivity contribution in [3.63, 3.8) is 0 Å². The van der Waals surface area contributed by atoms with E-state index in [1.165, 1.54) is 5.56 Å². The second-order valence-corrected chi connectivity index (χ2v) is 5.64. The third-order valence-electron chi connectivity index (χ3n) is 3.55. The fraction of sp³-hybridized carbons (Fsp3) is 0.278. The molecule has 0 bridgehead atoms. The van der Waals surface area contributed by atoms with E-state index in [9.17, 15) is 4.79 Å². The summed E-state index contributed by atoms with van der Waals surface area (Å²) < 4.78 is 5.82. The number of hydrogen-bond donors (Lipinski definition) is 1. The second kappa shape index (κ2) is 7.32. The average Bonchev–Trinajstić information content (AvgIpc) is 2.50. The van der Waals surface area contributed by atoms with Crippen molar-refractivity contribution in [3.05, 3.63) is 58.6 Å². The van der Waals surface area contributed by atoms with Gasteiger partial charge in [-0.2, -0.15) is 0 Å². The first kappa shape index (κ1) is 16.4. The lowest BCUT2D eigenvalue weighted by Gasteiger charge is -2.18. The molecular weight excluding hydrogens is 298 g/mol. The minimum atomic E-state index is -0.557. The van der Waals surface area contributed by atoms with Crippen molar-refractivity contribution in [2.75, 3.05) is 5.32 Å². The molecule has 1 atom stereocenters. The van der Waals surface area contributed by atoms with E-state index in [0.717, 1.165) is 5.56 Å². The zero-order chi connectivity index (χ0) is 16.1. The van der Waals surface area contributed by atoms with Crippen LogP contribution in [0.1, 0.15) is 24.5 Å². The number of carbonyl (C=O) groups excluding carboxylic acids is 1. The van der Waals surface area contributed by atoms with E-state index in [0.29, 0.717) is 22.9 Å². The van der Waals surface area contributed by atoms with Gasteiger partial charge in [0, 0.05) is 0 Å². The Balaban J connectivity index is 2.09. The highest BCUT2D eigenvalue weighted by molar-refractivity contribution is 6.33. The summed E-state index contributed by atoms with van der Waals surface area (Å²) in [6.07, 6.45) is 0.0156. The summed E-state index contributed by atoms with van der Waals surface area (Å²) in [4.78, 5) is 12.4. The normalized spacial score (nSPS) is 11.8. The number of anilines is 1. The van der Waals surface area contributed by atoms with Gasteiger partial charge in [0.1, 0.15) is 5.75 Å². The third kappa shape index (κ3) is 4.01. The molecule has 0 aliphatic heterocycles. The van der Waals surface area contributed by atoms with Gasteiger partial charge >= 0.3 is 0 Å². The number of nitrogens with one attached hydrogen (secondary N) is 1. The molecule has 0 aliphatic carbocycles. The van der Waals surface area contributed by atoms with Gasteiger partial charge in [0.25, 0.3) is 5.91 Å². The maximum absolute atomic E-state index is 12.4. The van der Waals surface area contributed by atoms with E-state index >= 15 is 0 Å². The van der Waals surface area contributed by atoms with Crippen LogP contribution in [0.3, 0.4) is 0 Å². The molecule has 0 aliphatic rings. The Bertz CT molecular complexity index is 670. The highest BCUT2D eigenvalue weighted by atomic mass is 35.5. The van der Waals surface area contributed by atoms with E-state index in [1.807, 2.05) is 51.1 Å². The van der Waals surface area contributed by atoms with Crippen molar-refractivity contribution in [3.8, 4) is 5.75 Å². The first-order valence-electron chi connectivity index (χ1n) is 7.30. The Hall–Kier alpha value is -2.00. The van der Waals surface area contributed by atoms with Crippen molar-refractivity contribution >= 4 is 23.2 Å². The zero-order valence-electron chi connectivity index (χ0n) is 13.0. The van der Waals surface area contributed by atoms with Crippen molar-refractivity contribution in [2.45, 2.75) is 33.3 Å². The monoisotopic (exact) mass is 317 g/mol. The first-order valence-corrected chi connectivity index (χ1v) is 7.68. The molecule has 0 aromatic heterocycles. The lowest BCUT2D eigenvalue weighted by atomic mass is 10.1. The van der Waals surface area contributed by atoms with Crippen LogP contribution in [0.4, 0.5) is 5.69 Å². The van der Waals surface area contributed by atoms with Gasteiger partial charge in [0.05, 0.1) is 10.7 Å². The summed E-state index contributed by atoms with van der Waals surface area (Å²) in [6.45, 7) is 5.98. The molecule has 1 amide bonds. The molecule has 116 valence electrons. The number of ether oxygens (including phenoxy) is 1. The Labute approximate surface area is 136 Å². The van der Waals surface area contributed by atoms with E-state index in [4.69, 9.17) is 16.3 Å². The van der Waals surface area contributed by atoms with E-state index in [2.05, 4.69) is 5.32 Å². The highest BCUT2D eigenvalue weighted by Crippen LogP contribution is 2.22. The Morgan fingerprint density at radius 1 is 1.18 bits per heavy atom. The SMILES string of the molecule is CC[C@H](Oc1ccc(C)c(C)c1)C(=O)Nc1ccccc1Cl. The first-order chi connectivity index (χ1) is 10.5. The number of halogens is 1. The maximum atomic E-state index is 12.4. The Kier molecular flexibility index (Phi) is 5.45. The topological polar surface area (TPSA) is 38.3 Å². The molecule has 22 heavy (non-hydrogen) atoms. The molecule has 0 radical (unpaired) electrons. The molecule has 1 N–H and O–H groups in total. The molecule has 3 nitrogen and oxygen atoms in total. The van der Waals surface area contributed by atoms with Crippen LogP contribution in [-0.4, -0.2) is 12.0 Å². The predicted molar refractivity (Wildman–Crippen MR) is 90.7 cm³/mol. The van der Waals surface area contributed by atoms with Gasteiger partial charge in [-0.1, -0.05) is 36.7 Å². The van der Waals surface area contributed by atoms with Gasteiger partial charge in [0.2, 0.25) is 0 Å². The van der Waals surface area contributed by atoms with Gasteiger partial charge in [-0.05, 0) is 55.7 Å². The van der Waals surface area contributed by atoms with Crippen LogP contribution < -0.4 is 10.1 Å². The van der Waals surface area contributed by atoms with Crippen molar-refractivity contribution in [2.24, 2.45) is 0 Å². The Morgan fingerprint density at radius 3 is 2.55 bits per heavy atom. The summed E-state index contributed by atoms with van der Waals surface area (Å²) in [6, 6.07) is 13.0. The van der Waals surface area contributed by atoms with Crippen LogP contribution in [0, 0.1) is 13.8 Å². The molecule has 2 aromatic rings. The zero-order valence-corrected chi connectivity index (χ0v) is 13.8. The summed E-state index contributed by atoms with van der Waals surface area (Å²) in [7, 11) is 0. The lowest BCUT2D eigenvalue weighted by Crippen LogP contribution is -2.32. The van der Waals surface area contributed by atoms with Gasteiger partial charge in [-0.15, -0.1) is 0 Å². The number of para-hydroxylation sites is 1. The molecule has 0 saturated carbocycles. The summed E-state index contributed by atoms with van der Waals surface area (Å²) >= 11 is 6.06. The Morgan fingerprint density at radius 2 is 1.91 bits per heavy atom. The standard InChI is InChI=1S/C18H20ClNO2/c1-4-17(22-14-10-9-12(2)13(3)11-14)18(21)20-16-8-6-5-7-15(16)19/h5-11,17H,4H2,1-3H3,(H,20,21)/t17-/m0/s1. The molecule has 0 heterocycles. The van der Waals surface area contributed by atoms with E-state index in [-0.39, 0.29) is 5.91 Å². The number of hydrogen-bond acceptors (Lipinski definition) is 2. The van der Waals surface area contributed by atoms with Crippen LogP contribution >= 0.6 is 11.6 Å². The van der Waals surface area contributed by atoms with Crippen LogP contribution in [0.15, 0.2) is 42.5 Å². The van der Waals surface area contributed by atoms with Gasteiger partial charge in [0.15, 0.2) is 6.10 Å². The van der Waals surface area contributed by atoms with Crippen molar-refractivity contribution in [1.82, 2.24) is 0 Å². The van der Waals surface area contributed by atoms with Gasteiger partial charge < -0.3 is 10.1 Å². The predicted octanol–water partition coefficient (Wildman–Crippen LogP) is 4.75. The number of amides is 1. The van der Waals surface area contributed by atoms with E-state index in [1.54, 1.807) is 12.1 Å². The third-order valence-corrected chi connectivity index (χ3v) is 3.88. The van der Waals surface area contributed by atoms with Crippen LogP contribution in [0.25, 0.3) is 0 Å². The van der Waals surface area contributed by atoms with Gasteiger partial charge in [-0.3, -0.25) is 4.79 Å². The fourth-order valence-corrected chi connectivity index (χ4v) is 2.23. The molecule has 0 spiro atoms. The van der Waals surface area contributed by atoms with Crippen LogP contribution in [0.5, 0.6) is 5.75 Å². The maximum Gasteiger partial charge on any atom is 0.265 e. The summed E-state index contributed by atoms with van der Waals surface area (Å²) in [5, 5.41) is 3.32. The molecule has 0 fully saturated rings. The number of carbonyl (C=O) groups is 1. The number of rotatable bonds is 5. The minimum Gasteiger partial charge on any atom is -0.481 e. The summed E-state index contributed by atoms with van der Waals surface area (Å²) in [5.41, 5.74) is 2.93. The largest absolute Gasteiger partial charge is 0.481 e. The average molecular weight is 318 g/mol. The molecular formula is C18H20ClNO2. The van der Waals surface area contributed by atoms with Crippen LogP contribution in [-0.2, 0) is 4.79 Å². The van der Waals surface area contributed by atoms with Gasteiger partial charge in [-0.25, -0.2) is 0 Å². The molecule has 4 heteroatoms. The number of benzene rings is 2. The lowest BCUT2D eigenvalue weighted by molar-refractivity contribution is -0.122. The molecule has 2 aromatic carbocycles. The summed E-state index contributed by atoms with van der Waals surface area (Å²) in [5.74, 6) is 0.498. The van der Waals surface area contributed by atoms with E-state index < -0.39 is 6.10 Å². The highest BCUT2D eigenvalue weighted by Gasteiger charge is 2.19. The quantitative estimate of drug-likeness (QED) is 0.864. The molecule has 0 unspecified atom stereocenters.